The highest BCUT2D eigenvalue weighted by Crippen LogP contribution is 2.40. The van der Waals surface area contributed by atoms with Crippen LogP contribution in [-0.4, -0.2) is 58.1 Å². The smallest absolute Gasteiger partial charge is 0.270 e. The molecule has 222 valence electrons. The van der Waals surface area contributed by atoms with Crippen molar-refractivity contribution in [3.8, 4) is 11.3 Å². The predicted molar refractivity (Wildman–Crippen MR) is 164 cm³/mol. The Morgan fingerprint density at radius 3 is 2.70 bits per heavy atom. The van der Waals surface area contributed by atoms with Gasteiger partial charge in [-0.15, -0.1) is 0 Å². The number of carbonyl (C=O) groups excluding carboxylic acids is 2. The van der Waals surface area contributed by atoms with Crippen LogP contribution in [0.1, 0.15) is 66.3 Å². The lowest BCUT2D eigenvalue weighted by Gasteiger charge is -2.17. The Kier molecular flexibility index (Phi) is 7.92. The lowest BCUT2D eigenvalue weighted by atomic mass is 9.98. The SMILES string of the molecule is C/C=C(/C)c1ccccc1CCNC(=O)c1cc(C2CC2)n2nc(-c3cnc(N4CC[C@H](C(=O)NC)C4)cc3F)cc2n1. The second-order valence-corrected chi connectivity index (χ2v) is 11.3. The van der Waals surface area contributed by atoms with Crippen LogP contribution in [0, 0.1) is 11.7 Å². The van der Waals surface area contributed by atoms with Gasteiger partial charge in [0.1, 0.15) is 17.3 Å². The van der Waals surface area contributed by atoms with Crippen LogP contribution in [0.25, 0.3) is 22.5 Å². The molecule has 0 radical (unpaired) electrons. The second-order valence-electron chi connectivity index (χ2n) is 11.3. The third-order valence-corrected chi connectivity index (χ3v) is 8.48. The molecular formula is C33H36FN7O2. The Labute approximate surface area is 250 Å². The van der Waals surface area contributed by atoms with Crippen LogP contribution in [0.4, 0.5) is 10.2 Å². The number of allylic oxidation sites excluding steroid dienone is 2. The highest BCUT2D eigenvalue weighted by molar-refractivity contribution is 5.93. The topological polar surface area (TPSA) is 105 Å². The number of amides is 2. The zero-order valence-electron chi connectivity index (χ0n) is 24.7. The average Bonchev–Trinajstić information content (AvgIpc) is 3.58. The molecule has 10 heteroatoms. The maximum absolute atomic E-state index is 15.4. The summed E-state index contributed by atoms with van der Waals surface area (Å²) in [5, 5.41) is 10.4. The summed E-state index contributed by atoms with van der Waals surface area (Å²) in [7, 11) is 1.62. The van der Waals surface area contributed by atoms with Gasteiger partial charge in [0.15, 0.2) is 5.65 Å². The summed E-state index contributed by atoms with van der Waals surface area (Å²) in [5.74, 6) is -0.0583. The summed E-state index contributed by atoms with van der Waals surface area (Å²) in [6, 6.07) is 13.1. The summed E-state index contributed by atoms with van der Waals surface area (Å²) >= 11 is 0. The number of fused-ring (bicyclic) bond motifs is 1. The van der Waals surface area contributed by atoms with E-state index >= 15 is 4.39 Å². The lowest BCUT2D eigenvalue weighted by Crippen LogP contribution is -2.30. The van der Waals surface area contributed by atoms with E-state index in [1.165, 1.54) is 29.0 Å². The van der Waals surface area contributed by atoms with Crippen LogP contribution >= 0.6 is 0 Å². The number of rotatable bonds is 9. The number of aromatic nitrogens is 4. The molecule has 4 aromatic rings. The number of halogens is 1. The molecule has 1 saturated heterocycles. The van der Waals surface area contributed by atoms with E-state index in [2.05, 4.69) is 50.8 Å². The molecule has 0 spiro atoms. The zero-order valence-corrected chi connectivity index (χ0v) is 24.7. The van der Waals surface area contributed by atoms with Crippen molar-refractivity contribution < 1.29 is 14.0 Å². The van der Waals surface area contributed by atoms with Crippen LogP contribution in [0.3, 0.4) is 0 Å². The van der Waals surface area contributed by atoms with Gasteiger partial charge >= 0.3 is 0 Å². The molecule has 6 rings (SSSR count). The van der Waals surface area contributed by atoms with E-state index in [9.17, 15) is 9.59 Å². The number of pyridine rings is 1. The van der Waals surface area contributed by atoms with Crippen LogP contribution in [-0.2, 0) is 11.2 Å². The highest BCUT2D eigenvalue weighted by atomic mass is 19.1. The quantitative estimate of drug-likeness (QED) is 0.295. The van der Waals surface area contributed by atoms with E-state index in [1.807, 2.05) is 30.0 Å². The van der Waals surface area contributed by atoms with Crippen molar-refractivity contribution in [3.63, 3.8) is 0 Å². The lowest BCUT2D eigenvalue weighted by molar-refractivity contribution is -0.123. The largest absolute Gasteiger partial charge is 0.359 e. The van der Waals surface area contributed by atoms with Crippen molar-refractivity contribution in [2.45, 2.75) is 45.4 Å². The zero-order chi connectivity index (χ0) is 30.1. The molecule has 9 nitrogen and oxygen atoms in total. The van der Waals surface area contributed by atoms with Gasteiger partial charge in [-0.25, -0.2) is 18.9 Å². The number of hydrogen-bond donors (Lipinski definition) is 2. The number of nitrogens with one attached hydrogen (secondary N) is 2. The Bertz CT molecular complexity index is 1730. The van der Waals surface area contributed by atoms with Gasteiger partial charge in [-0.1, -0.05) is 30.3 Å². The van der Waals surface area contributed by atoms with Crippen LogP contribution in [0.15, 0.2) is 54.7 Å². The molecule has 2 fully saturated rings. The van der Waals surface area contributed by atoms with Gasteiger partial charge in [0.25, 0.3) is 5.91 Å². The Morgan fingerprint density at radius 1 is 1.14 bits per heavy atom. The Hall–Kier alpha value is -4.60. The van der Waals surface area contributed by atoms with Crippen molar-refractivity contribution in [1.29, 1.82) is 0 Å². The summed E-state index contributed by atoms with van der Waals surface area (Å²) in [6.45, 7) is 5.73. The van der Waals surface area contributed by atoms with E-state index in [1.54, 1.807) is 17.6 Å². The molecule has 43 heavy (non-hydrogen) atoms. The molecule has 3 aromatic heterocycles. The van der Waals surface area contributed by atoms with Crippen molar-refractivity contribution in [1.82, 2.24) is 30.2 Å². The summed E-state index contributed by atoms with van der Waals surface area (Å²) in [5.41, 5.74) is 5.96. The maximum atomic E-state index is 15.4. The van der Waals surface area contributed by atoms with Crippen molar-refractivity contribution in [2.24, 2.45) is 5.92 Å². The molecule has 1 aliphatic carbocycles. The van der Waals surface area contributed by atoms with Crippen molar-refractivity contribution >= 4 is 28.9 Å². The van der Waals surface area contributed by atoms with Crippen LogP contribution in [0.2, 0.25) is 0 Å². The number of anilines is 1. The van der Waals surface area contributed by atoms with Gasteiger partial charge in [-0.05, 0) is 62.3 Å². The van der Waals surface area contributed by atoms with E-state index in [0.29, 0.717) is 55.3 Å². The Balaban J connectivity index is 1.21. The maximum Gasteiger partial charge on any atom is 0.270 e. The Morgan fingerprint density at radius 2 is 1.95 bits per heavy atom. The van der Waals surface area contributed by atoms with Gasteiger partial charge in [0.05, 0.1) is 17.2 Å². The standard InChI is InChI=1S/C33H36FN7O2/c1-4-20(2)24-8-6-5-7-21(24)11-13-36-33(43)28-16-29(22-9-10-22)41-31(38-28)17-27(39-41)25-18-37-30(15-26(25)34)40-14-12-23(19-40)32(42)35-3/h4-8,15-18,22-23H,9-14,19H2,1-3H3,(H,35,42)(H,36,43)/b20-4-/t23-/m0/s1. The third kappa shape index (κ3) is 5.86. The van der Waals surface area contributed by atoms with Gasteiger partial charge in [-0.3, -0.25) is 9.59 Å². The van der Waals surface area contributed by atoms with Crippen LogP contribution < -0.4 is 15.5 Å². The minimum atomic E-state index is -0.448. The summed E-state index contributed by atoms with van der Waals surface area (Å²) in [4.78, 5) is 36.3. The first kappa shape index (κ1) is 28.5. The molecule has 2 amide bonds. The van der Waals surface area contributed by atoms with Crippen LogP contribution in [0.5, 0.6) is 0 Å². The molecule has 1 saturated carbocycles. The molecule has 0 bridgehead atoms. The van der Waals surface area contributed by atoms with Gasteiger partial charge in [0.2, 0.25) is 5.91 Å². The fraction of sp³-hybridized carbons (Fsp3) is 0.364. The molecule has 1 atom stereocenters. The summed E-state index contributed by atoms with van der Waals surface area (Å²) < 4.78 is 17.1. The number of nitrogens with zero attached hydrogens (tertiary/aromatic N) is 5. The molecule has 1 aliphatic heterocycles. The third-order valence-electron chi connectivity index (χ3n) is 8.48. The monoisotopic (exact) mass is 581 g/mol. The average molecular weight is 582 g/mol. The van der Waals surface area contributed by atoms with E-state index in [-0.39, 0.29) is 29.2 Å². The first-order valence-electron chi connectivity index (χ1n) is 14.9. The molecule has 4 heterocycles. The molecule has 2 aliphatic rings. The summed E-state index contributed by atoms with van der Waals surface area (Å²) in [6.07, 6.45) is 6.99. The molecule has 0 unspecified atom stereocenters. The second kappa shape index (κ2) is 11.9. The van der Waals surface area contributed by atoms with Gasteiger partial charge in [-0.2, -0.15) is 5.10 Å². The predicted octanol–water partition coefficient (Wildman–Crippen LogP) is 4.78. The number of hydrogen-bond acceptors (Lipinski definition) is 6. The van der Waals surface area contributed by atoms with Crippen molar-refractivity contribution in [2.75, 3.05) is 31.6 Å². The fourth-order valence-corrected chi connectivity index (χ4v) is 5.76. The first-order chi connectivity index (χ1) is 20.9. The molecular weight excluding hydrogens is 545 g/mol. The number of carbonyl (C=O) groups is 2. The van der Waals surface area contributed by atoms with Gasteiger partial charge in [0, 0.05) is 56.6 Å². The van der Waals surface area contributed by atoms with Gasteiger partial charge < -0.3 is 15.5 Å². The minimum Gasteiger partial charge on any atom is -0.359 e. The normalized spacial score (nSPS) is 17.0. The van der Waals surface area contributed by atoms with E-state index in [4.69, 9.17) is 0 Å². The molecule has 1 aromatic carbocycles. The first-order valence-corrected chi connectivity index (χ1v) is 14.9. The molecule has 2 N–H and O–H groups in total. The van der Waals surface area contributed by atoms with E-state index < -0.39 is 5.82 Å². The number of benzene rings is 1. The minimum absolute atomic E-state index is 0.0128. The van der Waals surface area contributed by atoms with Crippen molar-refractivity contribution in [3.05, 3.63) is 83.1 Å². The fourth-order valence-electron chi connectivity index (χ4n) is 5.76. The van der Waals surface area contributed by atoms with E-state index in [0.717, 1.165) is 18.5 Å². The highest BCUT2D eigenvalue weighted by Gasteiger charge is 2.30.